The van der Waals surface area contributed by atoms with Gasteiger partial charge in [-0.25, -0.2) is 0 Å². The molecule has 1 amide bonds. The molecular formula is C24H23BrClNO3. The topological polar surface area (TPSA) is 47.6 Å². The molecule has 1 N–H and O–H groups in total. The van der Waals surface area contributed by atoms with Gasteiger partial charge in [-0.2, -0.15) is 0 Å². The van der Waals surface area contributed by atoms with Crippen molar-refractivity contribution in [2.24, 2.45) is 0 Å². The average molecular weight is 489 g/mol. The lowest BCUT2D eigenvalue weighted by Crippen LogP contribution is -2.14. The fraction of sp³-hybridized carbons (Fsp3) is 0.208. The maximum Gasteiger partial charge on any atom is 0.255 e. The Labute approximate surface area is 190 Å². The normalized spacial score (nSPS) is 10.7. The number of carbonyl (C=O) groups is 1. The fourth-order valence-electron chi connectivity index (χ4n) is 3.04. The number of halogens is 2. The molecule has 0 aliphatic rings. The monoisotopic (exact) mass is 487 g/mol. The highest BCUT2D eigenvalue weighted by molar-refractivity contribution is 9.10. The molecule has 0 spiro atoms. The summed E-state index contributed by atoms with van der Waals surface area (Å²) in [6, 6.07) is 18.8. The highest BCUT2D eigenvalue weighted by atomic mass is 79.9. The molecule has 0 saturated carbocycles. The maximum absolute atomic E-state index is 12.9. The van der Waals surface area contributed by atoms with E-state index in [1.54, 1.807) is 12.1 Å². The molecule has 3 aromatic carbocycles. The summed E-state index contributed by atoms with van der Waals surface area (Å²) in [7, 11) is 1.52. The molecule has 0 aliphatic carbocycles. The Morgan fingerprint density at radius 1 is 1.10 bits per heavy atom. The van der Waals surface area contributed by atoms with E-state index in [2.05, 4.69) is 35.1 Å². The second kappa shape index (κ2) is 10.0. The van der Waals surface area contributed by atoms with Crippen molar-refractivity contribution in [2.75, 3.05) is 12.4 Å². The summed E-state index contributed by atoms with van der Waals surface area (Å²) < 4.78 is 12.3. The van der Waals surface area contributed by atoms with Gasteiger partial charge in [-0.05, 0) is 47.4 Å². The molecule has 0 atom stereocenters. The summed E-state index contributed by atoms with van der Waals surface area (Å²) in [5.74, 6) is 0.799. The molecule has 156 valence electrons. The van der Waals surface area contributed by atoms with Crippen LogP contribution in [0.25, 0.3) is 0 Å². The van der Waals surface area contributed by atoms with E-state index < -0.39 is 0 Å². The third-order valence-corrected chi connectivity index (χ3v) is 5.38. The van der Waals surface area contributed by atoms with E-state index >= 15 is 0 Å². The number of hydrogen-bond acceptors (Lipinski definition) is 3. The second-order valence-corrected chi connectivity index (χ2v) is 8.43. The number of rotatable bonds is 7. The van der Waals surface area contributed by atoms with Crippen LogP contribution in [0.5, 0.6) is 11.5 Å². The van der Waals surface area contributed by atoms with Crippen molar-refractivity contribution in [1.82, 2.24) is 0 Å². The van der Waals surface area contributed by atoms with E-state index in [0.717, 1.165) is 21.3 Å². The molecule has 0 unspecified atom stereocenters. The Morgan fingerprint density at radius 3 is 2.50 bits per heavy atom. The molecule has 3 aromatic rings. The first-order valence-electron chi connectivity index (χ1n) is 9.54. The van der Waals surface area contributed by atoms with Crippen LogP contribution >= 0.6 is 27.5 Å². The Kier molecular flexibility index (Phi) is 7.40. The van der Waals surface area contributed by atoms with Crippen LogP contribution in [-0.2, 0) is 6.61 Å². The Bertz CT molecular complexity index is 1040. The van der Waals surface area contributed by atoms with Gasteiger partial charge < -0.3 is 14.8 Å². The van der Waals surface area contributed by atoms with Crippen LogP contribution in [0, 0.1) is 0 Å². The van der Waals surface area contributed by atoms with E-state index in [1.165, 1.54) is 7.11 Å². The van der Waals surface area contributed by atoms with E-state index in [1.807, 2.05) is 48.5 Å². The number of nitrogens with one attached hydrogen (secondary N) is 1. The minimum atomic E-state index is -0.269. The van der Waals surface area contributed by atoms with Crippen LogP contribution in [0.4, 0.5) is 5.69 Å². The predicted molar refractivity (Wildman–Crippen MR) is 125 cm³/mol. The Morgan fingerprint density at radius 2 is 1.83 bits per heavy atom. The largest absolute Gasteiger partial charge is 0.493 e. The number of carbonyl (C=O) groups excluding carboxylic acids is 1. The van der Waals surface area contributed by atoms with Gasteiger partial charge in [0.15, 0.2) is 11.5 Å². The minimum absolute atomic E-state index is 0.254. The molecule has 4 nitrogen and oxygen atoms in total. The van der Waals surface area contributed by atoms with Crippen LogP contribution in [0.2, 0.25) is 5.02 Å². The zero-order chi connectivity index (χ0) is 21.7. The Hall–Kier alpha value is -2.50. The number of anilines is 1. The summed E-state index contributed by atoms with van der Waals surface area (Å²) in [4.78, 5) is 12.9. The van der Waals surface area contributed by atoms with E-state index in [4.69, 9.17) is 21.1 Å². The highest BCUT2D eigenvalue weighted by Gasteiger charge is 2.18. The third-order valence-electron chi connectivity index (χ3n) is 4.60. The van der Waals surface area contributed by atoms with Gasteiger partial charge in [-0.3, -0.25) is 4.79 Å². The van der Waals surface area contributed by atoms with Crippen LogP contribution in [0.3, 0.4) is 0 Å². The van der Waals surface area contributed by atoms with Crippen molar-refractivity contribution >= 4 is 39.1 Å². The first kappa shape index (κ1) is 22.2. The number of hydrogen-bond donors (Lipinski definition) is 1. The van der Waals surface area contributed by atoms with E-state index in [-0.39, 0.29) is 11.8 Å². The van der Waals surface area contributed by atoms with Crippen molar-refractivity contribution in [2.45, 2.75) is 26.4 Å². The van der Waals surface area contributed by atoms with Crippen molar-refractivity contribution in [3.63, 3.8) is 0 Å². The second-order valence-electron chi connectivity index (χ2n) is 7.10. The lowest BCUT2D eigenvalue weighted by Gasteiger charge is -2.16. The van der Waals surface area contributed by atoms with Gasteiger partial charge in [-0.1, -0.05) is 71.7 Å². The number of amides is 1. The molecule has 0 heterocycles. The SMILES string of the molecule is COc1cc(C(=O)Nc2ccc(Br)cc2C(C)C)cc(Cl)c1OCc1ccccc1. The third kappa shape index (κ3) is 5.35. The van der Waals surface area contributed by atoms with Crippen LogP contribution in [0.15, 0.2) is 65.1 Å². The summed E-state index contributed by atoms with van der Waals surface area (Å²) in [5.41, 5.74) is 3.20. The summed E-state index contributed by atoms with van der Waals surface area (Å²) in [5, 5.41) is 3.29. The standard InChI is InChI=1S/C24H23BrClNO3/c1-15(2)19-13-18(25)9-10-21(19)27-24(28)17-11-20(26)23(22(12-17)29-3)30-14-16-7-5-4-6-8-16/h4-13,15H,14H2,1-3H3,(H,27,28). The number of ether oxygens (including phenoxy) is 2. The molecule has 3 rings (SSSR count). The lowest BCUT2D eigenvalue weighted by atomic mass is 10.0. The van der Waals surface area contributed by atoms with Gasteiger partial charge in [-0.15, -0.1) is 0 Å². The smallest absolute Gasteiger partial charge is 0.255 e. The molecule has 30 heavy (non-hydrogen) atoms. The van der Waals surface area contributed by atoms with Gasteiger partial charge in [0, 0.05) is 15.7 Å². The molecule has 0 radical (unpaired) electrons. The number of benzene rings is 3. The van der Waals surface area contributed by atoms with E-state index in [9.17, 15) is 4.79 Å². The van der Waals surface area contributed by atoms with Crippen molar-refractivity contribution in [3.05, 3.63) is 86.8 Å². The molecule has 0 aliphatic heterocycles. The van der Waals surface area contributed by atoms with Crippen molar-refractivity contribution in [3.8, 4) is 11.5 Å². The molecule has 0 bridgehead atoms. The van der Waals surface area contributed by atoms with Gasteiger partial charge in [0.1, 0.15) is 6.61 Å². The van der Waals surface area contributed by atoms with Gasteiger partial charge in [0.2, 0.25) is 0 Å². The molecule has 0 saturated heterocycles. The predicted octanol–water partition coefficient (Wildman–Crippen LogP) is 7.07. The Balaban J connectivity index is 1.83. The molecular weight excluding hydrogens is 466 g/mol. The first-order chi connectivity index (χ1) is 14.4. The summed E-state index contributed by atoms with van der Waals surface area (Å²) >= 11 is 9.92. The highest BCUT2D eigenvalue weighted by Crippen LogP contribution is 2.37. The minimum Gasteiger partial charge on any atom is -0.493 e. The van der Waals surface area contributed by atoms with Crippen LogP contribution in [-0.4, -0.2) is 13.0 Å². The average Bonchev–Trinajstić information content (AvgIpc) is 2.74. The van der Waals surface area contributed by atoms with Crippen LogP contribution in [0.1, 0.15) is 41.3 Å². The quantitative estimate of drug-likeness (QED) is 0.387. The first-order valence-corrected chi connectivity index (χ1v) is 10.7. The van der Waals surface area contributed by atoms with Gasteiger partial charge in [0.05, 0.1) is 12.1 Å². The zero-order valence-corrected chi connectivity index (χ0v) is 19.4. The van der Waals surface area contributed by atoms with E-state index in [0.29, 0.717) is 28.7 Å². The molecule has 6 heteroatoms. The fourth-order valence-corrected chi connectivity index (χ4v) is 3.68. The van der Waals surface area contributed by atoms with Gasteiger partial charge in [0.25, 0.3) is 5.91 Å². The summed E-state index contributed by atoms with van der Waals surface area (Å²) in [6.07, 6.45) is 0. The van der Waals surface area contributed by atoms with Crippen molar-refractivity contribution < 1.29 is 14.3 Å². The zero-order valence-electron chi connectivity index (χ0n) is 17.0. The summed E-state index contributed by atoms with van der Waals surface area (Å²) in [6.45, 7) is 4.51. The lowest BCUT2D eigenvalue weighted by molar-refractivity contribution is 0.102. The van der Waals surface area contributed by atoms with Crippen molar-refractivity contribution in [1.29, 1.82) is 0 Å². The number of methoxy groups -OCH3 is 1. The molecule has 0 fully saturated rings. The van der Waals surface area contributed by atoms with Crippen LogP contribution < -0.4 is 14.8 Å². The molecule has 0 aromatic heterocycles. The van der Waals surface area contributed by atoms with Gasteiger partial charge >= 0.3 is 0 Å². The maximum atomic E-state index is 12.9.